The van der Waals surface area contributed by atoms with Crippen LogP contribution in [0, 0.1) is 0 Å². The average Bonchev–Trinajstić information content (AvgIpc) is 2.88. The maximum atomic E-state index is 5.39. The molecule has 2 fully saturated rings. The van der Waals surface area contributed by atoms with Crippen molar-refractivity contribution in [2.45, 2.75) is 39.0 Å². The predicted molar refractivity (Wildman–Crippen MR) is 116 cm³/mol. The molecule has 2 aliphatic heterocycles. The molecule has 0 bridgehead atoms. The van der Waals surface area contributed by atoms with Crippen molar-refractivity contribution in [3.8, 4) is 0 Å². The maximum Gasteiger partial charge on any atom is 0.191 e. The molecule has 0 saturated carbocycles. The van der Waals surface area contributed by atoms with Gasteiger partial charge in [0.15, 0.2) is 5.96 Å². The van der Waals surface area contributed by atoms with Gasteiger partial charge in [0, 0.05) is 45.8 Å². The Balaban J connectivity index is 0.00000312. The summed E-state index contributed by atoms with van der Waals surface area (Å²) in [5.41, 5.74) is 0. The van der Waals surface area contributed by atoms with Crippen molar-refractivity contribution in [1.29, 1.82) is 0 Å². The molecule has 6 nitrogen and oxygen atoms in total. The molecule has 0 aliphatic carbocycles. The van der Waals surface area contributed by atoms with Crippen LogP contribution in [0.1, 0.15) is 39.0 Å². The highest BCUT2D eigenvalue weighted by molar-refractivity contribution is 14.0. The zero-order valence-corrected chi connectivity index (χ0v) is 18.3. The van der Waals surface area contributed by atoms with Crippen LogP contribution in [0.5, 0.6) is 0 Å². The van der Waals surface area contributed by atoms with Crippen molar-refractivity contribution in [2.24, 2.45) is 4.99 Å². The summed E-state index contributed by atoms with van der Waals surface area (Å²) in [6, 6.07) is 0. The highest BCUT2D eigenvalue weighted by Gasteiger charge is 2.10. The minimum atomic E-state index is 0. The Morgan fingerprint density at radius 2 is 1.60 bits per heavy atom. The lowest BCUT2D eigenvalue weighted by atomic mass is 10.2. The number of hydrogen-bond acceptors (Lipinski definition) is 4. The van der Waals surface area contributed by atoms with Crippen LogP contribution in [0.3, 0.4) is 0 Å². The standard InChI is InChI=1S/C18H37N5O.HI/c1-2-19-18(20-8-7-12-23-14-16-24-17-15-23)21-9-13-22-10-5-3-4-6-11-22;/h2-17H2,1H3,(H2,19,20,21);1H. The number of rotatable bonds is 8. The van der Waals surface area contributed by atoms with Gasteiger partial charge in [0.1, 0.15) is 0 Å². The maximum absolute atomic E-state index is 5.39. The summed E-state index contributed by atoms with van der Waals surface area (Å²) in [6.45, 7) is 13.6. The largest absolute Gasteiger partial charge is 0.379 e. The molecule has 0 aromatic carbocycles. The van der Waals surface area contributed by atoms with Crippen LogP contribution >= 0.6 is 24.0 Å². The molecule has 2 heterocycles. The van der Waals surface area contributed by atoms with Gasteiger partial charge >= 0.3 is 0 Å². The van der Waals surface area contributed by atoms with Gasteiger partial charge < -0.3 is 20.3 Å². The fourth-order valence-corrected chi connectivity index (χ4v) is 3.34. The van der Waals surface area contributed by atoms with Crippen LogP contribution in [0.15, 0.2) is 4.99 Å². The van der Waals surface area contributed by atoms with Gasteiger partial charge in [-0.25, -0.2) is 0 Å². The first-order valence-electron chi connectivity index (χ1n) is 9.93. The molecular formula is C18H38IN5O. The van der Waals surface area contributed by atoms with Crippen molar-refractivity contribution in [1.82, 2.24) is 20.4 Å². The van der Waals surface area contributed by atoms with Crippen molar-refractivity contribution < 1.29 is 4.74 Å². The lowest BCUT2D eigenvalue weighted by molar-refractivity contribution is 0.0377. The van der Waals surface area contributed by atoms with E-state index >= 15 is 0 Å². The number of nitrogens with one attached hydrogen (secondary N) is 2. The van der Waals surface area contributed by atoms with Crippen molar-refractivity contribution in [2.75, 3.05) is 72.1 Å². The smallest absolute Gasteiger partial charge is 0.191 e. The van der Waals surface area contributed by atoms with E-state index in [1.54, 1.807) is 0 Å². The van der Waals surface area contributed by atoms with Gasteiger partial charge in [-0.15, -0.1) is 24.0 Å². The monoisotopic (exact) mass is 467 g/mol. The van der Waals surface area contributed by atoms with Crippen LogP contribution < -0.4 is 10.6 Å². The van der Waals surface area contributed by atoms with Crippen LogP contribution in [0.2, 0.25) is 0 Å². The Kier molecular flexibility index (Phi) is 13.7. The minimum Gasteiger partial charge on any atom is -0.379 e. The second-order valence-electron chi connectivity index (χ2n) is 6.75. The quantitative estimate of drug-likeness (QED) is 0.247. The Hall–Kier alpha value is -0.120. The molecule has 2 rings (SSSR count). The van der Waals surface area contributed by atoms with Crippen molar-refractivity contribution in [3.63, 3.8) is 0 Å². The highest BCUT2D eigenvalue weighted by atomic mass is 127. The Morgan fingerprint density at radius 1 is 0.920 bits per heavy atom. The molecule has 0 spiro atoms. The van der Waals surface area contributed by atoms with Gasteiger partial charge in [-0.3, -0.25) is 9.89 Å². The molecule has 25 heavy (non-hydrogen) atoms. The first kappa shape index (κ1) is 22.9. The predicted octanol–water partition coefficient (Wildman–Crippen LogP) is 1.76. The van der Waals surface area contributed by atoms with E-state index in [2.05, 4.69) is 27.4 Å². The second-order valence-corrected chi connectivity index (χ2v) is 6.75. The minimum absolute atomic E-state index is 0. The number of halogens is 1. The lowest BCUT2D eigenvalue weighted by Crippen LogP contribution is -2.42. The number of morpholine rings is 1. The summed E-state index contributed by atoms with van der Waals surface area (Å²) < 4.78 is 5.39. The van der Waals surface area contributed by atoms with Crippen LogP contribution in [-0.2, 0) is 4.74 Å². The van der Waals surface area contributed by atoms with Gasteiger partial charge in [-0.1, -0.05) is 12.8 Å². The topological polar surface area (TPSA) is 52.1 Å². The van der Waals surface area contributed by atoms with Crippen molar-refractivity contribution >= 4 is 29.9 Å². The third-order valence-electron chi connectivity index (χ3n) is 4.77. The van der Waals surface area contributed by atoms with E-state index in [4.69, 9.17) is 9.73 Å². The van der Waals surface area contributed by atoms with Gasteiger partial charge in [0.25, 0.3) is 0 Å². The molecule has 2 saturated heterocycles. The molecule has 0 radical (unpaired) electrons. The lowest BCUT2D eigenvalue weighted by Gasteiger charge is -2.26. The summed E-state index contributed by atoms with van der Waals surface area (Å²) in [5.74, 6) is 0.967. The SMILES string of the molecule is CCNC(=NCCCN1CCOCC1)NCCN1CCCCCC1.I. The summed E-state index contributed by atoms with van der Waals surface area (Å²) >= 11 is 0. The molecule has 0 aromatic heterocycles. The molecule has 0 unspecified atom stereocenters. The fraction of sp³-hybridized carbons (Fsp3) is 0.944. The van der Waals surface area contributed by atoms with E-state index in [-0.39, 0.29) is 24.0 Å². The van der Waals surface area contributed by atoms with Crippen molar-refractivity contribution in [3.05, 3.63) is 0 Å². The van der Waals surface area contributed by atoms with E-state index < -0.39 is 0 Å². The number of likely N-dealkylation sites (tertiary alicyclic amines) is 1. The number of hydrogen-bond donors (Lipinski definition) is 2. The molecule has 0 amide bonds. The van der Waals surface area contributed by atoms with E-state index in [0.29, 0.717) is 0 Å². The highest BCUT2D eigenvalue weighted by Crippen LogP contribution is 2.08. The summed E-state index contributed by atoms with van der Waals surface area (Å²) in [4.78, 5) is 9.77. The van der Waals surface area contributed by atoms with Crippen LogP contribution in [0.25, 0.3) is 0 Å². The van der Waals surface area contributed by atoms with E-state index in [9.17, 15) is 0 Å². The zero-order chi connectivity index (χ0) is 16.9. The molecular weight excluding hydrogens is 429 g/mol. The van der Waals surface area contributed by atoms with Crippen LogP contribution in [-0.4, -0.2) is 87.9 Å². The summed E-state index contributed by atoms with van der Waals surface area (Å²) in [7, 11) is 0. The third-order valence-corrected chi connectivity index (χ3v) is 4.77. The first-order valence-corrected chi connectivity index (χ1v) is 9.93. The summed E-state index contributed by atoms with van der Waals surface area (Å²) in [6.07, 6.45) is 6.63. The Labute approximate surface area is 171 Å². The summed E-state index contributed by atoms with van der Waals surface area (Å²) in [5, 5.41) is 6.85. The number of aliphatic imine (C=N–C) groups is 1. The van der Waals surface area contributed by atoms with Crippen LogP contribution in [0.4, 0.5) is 0 Å². The molecule has 7 heteroatoms. The third kappa shape index (κ3) is 10.6. The number of guanidine groups is 1. The normalized spacial score (nSPS) is 20.6. The van der Waals surface area contributed by atoms with Gasteiger partial charge in [-0.2, -0.15) is 0 Å². The Bertz CT molecular complexity index is 342. The number of ether oxygens (including phenoxy) is 1. The molecule has 2 aliphatic rings. The number of nitrogens with zero attached hydrogens (tertiary/aromatic N) is 3. The fourth-order valence-electron chi connectivity index (χ4n) is 3.34. The Morgan fingerprint density at radius 3 is 2.28 bits per heavy atom. The average molecular weight is 467 g/mol. The second kappa shape index (κ2) is 15.0. The van der Waals surface area contributed by atoms with Gasteiger partial charge in [0.05, 0.1) is 13.2 Å². The molecule has 2 N–H and O–H groups in total. The van der Waals surface area contributed by atoms with Gasteiger partial charge in [-0.05, 0) is 39.3 Å². The molecule has 148 valence electrons. The van der Waals surface area contributed by atoms with E-state index in [1.165, 1.54) is 38.8 Å². The van der Waals surface area contributed by atoms with E-state index in [0.717, 1.165) is 71.4 Å². The van der Waals surface area contributed by atoms with Gasteiger partial charge in [0.2, 0.25) is 0 Å². The molecule has 0 atom stereocenters. The first-order chi connectivity index (χ1) is 11.9. The zero-order valence-electron chi connectivity index (χ0n) is 16.0. The van der Waals surface area contributed by atoms with E-state index in [1.807, 2.05) is 0 Å². The molecule has 0 aromatic rings.